The highest BCUT2D eigenvalue weighted by atomic mass is 32.2. The monoisotopic (exact) mass is 227 g/mol. The molecule has 0 aromatic rings. The lowest BCUT2D eigenvalue weighted by Gasteiger charge is -2.17. The molecule has 0 aromatic carbocycles. The van der Waals surface area contributed by atoms with E-state index in [-0.39, 0.29) is 0 Å². The van der Waals surface area contributed by atoms with Gasteiger partial charge in [-0.15, -0.1) is 0 Å². The predicted molar refractivity (Wildman–Crippen MR) is 69.5 cm³/mol. The predicted octanol–water partition coefficient (Wildman–Crippen LogP) is 3.30. The Balaban J connectivity index is 1.48. The second-order valence-electron chi connectivity index (χ2n) is 5.12. The summed E-state index contributed by atoms with van der Waals surface area (Å²) >= 11 is 2.12. The summed E-state index contributed by atoms with van der Waals surface area (Å²) in [5.41, 5.74) is 0. The largest absolute Gasteiger partial charge is 0.313 e. The highest BCUT2D eigenvalue weighted by molar-refractivity contribution is 7.99. The van der Waals surface area contributed by atoms with E-state index >= 15 is 0 Å². The van der Waals surface area contributed by atoms with Crippen LogP contribution >= 0.6 is 11.8 Å². The van der Waals surface area contributed by atoms with Crippen molar-refractivity contribution in [3.63, 3.8) is 0 Å². The van der Waals surface area contributed by atoms with Gasteiger partial charge in [0.15, 0.2) is 0 Å². The maximum atomic E-state index is 3.80. The van der Waals surface area contributed by atoms with E-state index in [9.17, 15) is 0 Å². The van der Waals surface area contributed by atoms with Crippen LogP contribution in [0.5, 0.6) is 0 Å². The minimum absolute atomic E-state index is 0.900. The molecule has 0 radical (unpaired) electrons. The lowest BCUT2D eigenvalue weighted by Crippen LogP contribution is -2.34. The van der Waals surface area contributed by atoms with Crippen LogP contribution in [0, 0.1) is 11.8 Å². The van der Waals surface area contributed by atoms with Gasteiger partial charge in [0.1, 0.15) is 0 Å². The molecule has 88 valence electrons. The molecular weight excluding hydrogens is 202 g/mol. The fraction of sp³-hybridized carbons (Fsp3) is 1.00. The molecule has 1 nitrogen and oxygen atoms in total. The molecule has 0 aromatic heterocycles. The number of hydrogen-bond acceptors (Lipinski definition) is 2. The Morgan fingerprint density at radius 1 is 1.13 bits per heavy atom. The zero-order valence-electron chi connectivity index (χ0n) is 10.0. The number of rotatable bonds is 9. The van der Waals surface area contributed by atoms with Crippen LogP contribution in [0.4, 0.5) is 0 Å². The van der Waals surface area contributed by atoms with Gasteiger partial charge in [-0.25, -0.2) is 0 Å². The number of thioether (sulfide) groups is 1. The van der Waals surface area contributed by atoms with Crippen molar-refractivity contribution in [1.82, 2.24) is 5.32 Å². The first-order valence-electron chi connectivity index (χ1n) is 6.73. The van der Waals surface area contributed by atoms with E-state index in [4.69, 9.17) is 0 Å². The number of unbranched alkanes of at least 4 members (excludes halogenated alkanes) is 1. The summed E-state index contributed by atoms with van der Waals surface area (Å²) < 4.78 is 0. The maximum absolute atomic E-state index is 3.80. The van der Waals surface area contributed by atoms with Gasteiger partial charge in [-0.2, -0.15) is 11.8 Å². The lowest BCUT2D eigenvalue weighted by molar-refractivity contribution is 0.429. The van der Waals surface area contributed by atoms with Crippen molar-refractivity contribution in [1.29, 1.82) is 0 Å². The highest BCUT2D eigenvalue weighted by Gasteiger charge is 2.40. The Labute approximate surface area is 98.8 Å². The van der Waals surface area contributed by atoms with Crippen molar-refractivity contribution >= 4 is 11.8 Å². The van der Waals surface area contributed by atoms with Crippen LogP contribution in [-0.2, 0) is 0 Å². The normalized spacial score (nSPS) is 21.2. The van der Waals surface area contributed by atoms with E-state index in [1.165, 1.54) is 56.6 Å². The number of hydrogen-bond donors (Lipinski definition) is 1. The van der Waals surface area contributed by atoms with E-state index in [0.717, 1.165) is 17.9 Å². The molecule has 2 heteroatoms. The molecule has 0 spiro atoms. The molecule has 0 atom stereocenters. The van der Waals surface area contributed by atoms with Crippen molar-refractivity contribution in [2.75, 3.05) is 18.1 Å². The van der Waals surface area contributed by atoms with Crippen LogP contribution < -0.4 is 5.32 Å². The molecule has 0 heterocycles. The van der Waals surface area contributed by atoms with Gasteiger partial charge < -0.3 is 5.32 Å². The third-order valence-electron chi connectivity index (χ3n) is 3.53. The molecule has 0 unspecified atom stereocenters. The fourth-order valence-electron chi connectivity index (χ4n) is 2.28. The molecule has 2 rings (SSSR count). The molecule has 2 aliphatic rings. The maximum Gasteiger partial charge on any atom is 0.0124 e. The van der Waals surface area contributed by atoms with Crippen molar-refractivity contribution in [2.45, 2.75) is 51.5 Å². The Morgan fingerprint density at radius 3 is 2.33 bits per heavy atom. The third-order valence-corrected chi connectivity index (χ3v) is 4.60. The van der Waals surface area contributed by atoms with Crippen molar-refractivity contribution in [2.24, 2.45) is 11.8 Å². The summed E-state index contributed by atoms with van der Waals surface area (Å²) in [6.07, 6.45) is 8.72. The van der Waals surface area contributed by atoms with Crippen LogP contribution in [0.15, 0.2) is 0 Å². The first kappa shape index (κ1) is 11.8. The molecule has 0 aliphatic heterocycles. The van der Waals surface area contributed by atoms with Crippen LogP contribution in [0.1, 0.15) is 45.4 Å². The molecular formula is C13H25NS. The molecule has 0 saturated heterocycles. The fourth-order valence-corrected chi connectivity index (χ4v) is 3.23. The van der Waals surface area contributed by atoms with Gasteiger partial charge in [-0.1, -0.05) is 13.3 Å². The van der Waals surface area contributed by atoms with Crippen molar-refractivity contribution in [3.8, 4) is 0 Å². The summed E-state index contributed by atoms with van der Waals surface area (Å²) in [7, 11) is 0. The average Bonchev–Trinajstić information content (AvgIpc) is 3.09. The van der Waals surface area contributed by atoms with E-state index in [0.29, 0.717) is 0 Å². The molecule has 0 bridgehead atoms. The Hall–Kier alpha value is 0.310. The van der Waals surface area contributed by atoms with Gasteiger partial charge >= 0.3 is 0 Å². The minimum atomic E-state index is 0.900. The van der Waals surface area contributed by atoms with Gasteiger partial charge in [0, 0.05) is 18.3 Å². The summed E-state index contributed by atoms with van der Waals surface area (Å²) in [4.78, 5) is 0. The van der Waals surface area contributed by atoms with Gasteiger partial charge in [0.05, 0.1) is 0 Å². The first-order valence-corrected chi connectivity index (χ1v) is 7.88. The SMILES string of the molecule is CCCCSCCNC(C1CC1)C1CC1. The zero-order chi connectivity index (χ0) is 10.5. The average molecular weight is 227 g/mol. The van der Waals surface area contributed by atoms with E-state index in [1.54, 1.807) is 0 Å². The number of nitrogens with one attached hydrogen (secondary N) is 1. The second-order valence-corrected chi connectivity index (χ2v) is 6.35. The second kappa shape index (κ2) is 6.15. The van der Waals surface area contributed by atoms with Crippen LogP contribution in [0.2, 0.25) is 0 Å². The Kier molecular flexibility index (Phi) is 4.83. The van der Waals surface area contributed by atoms with Gasteiger partial charge in [0.2, 0.25) is 0 Å². The quantitative estimate of drug-likeness (QED) is 0.607. The molecule has 2 aliphatic carbocycles. The standard InChI is InChI=1S/C13H25NS/c1-2-3-9-15-10-8-14-13(11-4-5-11)12-6-7-12/h11-14H,2-10H2,1H3. The lowest BCUT2D eigenvalue weighted by atomic mass is 10.1. The molecule has 15 heavy (non-hydrogen) atoms. The van der Waals surface area contributed by atoms with Gasteiger partial charge in [-0.05, 0) is 49.7 Å². The molecule has 1 N–H and O–H groups in total. The summed E-state index contributed by atoms with van der Waals surface area (Å²) in [6.45, 7) is 3.51. The van der Waals surface area contributed by atoms with E-state index in [1.807, 2.05) is 0 Å². The highest BCUT2D eigenvalue weighted by Crippen LogP contribution is 2.44. The molecule has 2 fully saturated rings. The summed E-state index contributed by atoms with van der Waals surface area (Å²) in [5, 5.41) is 3.80. The molecule has 2 saturated carbocycles. The smallest absolute Gasteiger partial charge is 0.0124 e. The molecule has 0 amide bonds. The topological polar surface area (TPSA) is 12.0 Å². The summed E-state index contributed by atoms with van der Waals surface area (Å²) in [5.74, 6) is 4.78. The third kappa shape index (κ3) is 4.36. The minimum Gasteiger partial charge on any atom is -0.313 e. The van der Waals surface area contributed by atoms with Crippen molar-refractivity contribution in [3.05, 3.63) is 0 Å². The zero-order valence-corrected chi connectivity index (χ0v) is 10.8. The van der Waals surface area contributed by atoms with Gasteiger partial charge in [0.25, 0.3) is 0 Å². The van der Waals surface area contributed by atoms with Crippen LogP contribution in [0.3, 0.4) is 0 Å². The first-order chi connectivity index (χ1) is 7.42. The Bertz CT molecular complexity index is 163. The Morgan fingerprint density at radius 2 is 1.80 bits per heavy atom. The van der Waals surface area contributed by atoms with Crippen molar-refractivity contribution < 1.29 is 0 Å². The van der Waals surface area contributed by atoms with Crippen LogP contribution in [-0.4, -0.2) is 24.1 Å². The van der Waals surface area contributed by atoms with Gasteiger partial charge in [-0.3, -0.25) is 0 Å². The van der Waals surface area contributed by atoms with Crippen LogP contribution in [0.25, 0.3) is 0 Å². The van der Waals surface area contributed by atoms with E-state index in [2.05, 4.69) is 24.0 Å². The summed E-state index contributed by atoms with van der Waals surface area (Å²) in [6, 6.07) is 0.900. The van der Waals surface area contributed by atoms with E-state index < -0.39 is 0 Å².